The standard InChI is InChI=1S/C28H30N2O2S/c1-18(2)13-14-29-27(31)21-11-12-26-24(16-21)30(17-22-15-19(3)9-10-20(22)4)28(32)23-7-5-6-8-25(23)33-26/h5-12,15-16,18H,13-14,17H2,1-4H3,(H,29,31). The zero-order valence-electron chi connectivity index (χ0n) is 19.6. The molecule has 0 unspecified atom stereocenters. The number of nitrogens with one attached hydrogen (secondary N) is 1. The summed E-state index contributed by atoms with van der Waals surface area (Å²) in [5, 5.41) is 3.01. The smallest absolute Gasteiger partial charge is 0.259 e. The van der Waals surface area contributed by atoms with E-state index in [1.807, 2.05) is 47.4 Å². The second-order valence-electron chi connectivity index (χ2n) is 9.04. The quantitative estimate of drug-likeness (QED) is 0.465. The molecule has 3 aromatic rings. The molecule has 4 nitrogen and oxygen atoms in total. The van der Waals surface area contributed by atoms with E-state index >= 15 is 0 Å². The van der Waals surface area contributed by atoms with Crippen LogP contribution < -0.4 is 10.2 Å². The number of hydrogen-bond acceptors (Lipinski definition) is 3. The summed E-state index contributed by atoms with van der Waals surface area (Å²) in [5.74, 6) is 0.373. The highest BCUT2D eigenvalue weighted by Crippen LogP contribution is 2.42. The van der Waals surface area contributed by atoms with Gasteiger partial charge in [-0.2, -0.15) is 0 Å². The highest BCUT2D eigenvalue weighted by atomic mass is 32.2. The van der Waals surface area contributed by atoms with E-state index in [0.29, 0.717) is 30.1 Å². The summed E-state index contributed by atoms with van der Waals surface area (Å²) in [6.07, 6.45) is 0.930. The van der Waals surface area contributed by atoms with E-state index in [2.05, 4.69) is 51.2 Å². The van der Waals surface area contributed by atoms with Crippen molar-refractivity contribution in [3.05, 3.63) is 88.5 Å². The SMILES string of the molecule is Cc1ccc(C)c(CN2C(=O)c3ccccc3Sc3ccc(C(=O)NCCC(C)C)cc32)c1. The molecular weight excluding hydrogens is 428 g/mol. The van der Waals surface area contributed by atoms with E-state index in [1.54, 1.807) is 11.8 Å². The minimum absolute atomic E-state index is 0.0462. The van der Waals surface area contributed by atoms with Crippen molar-refractivity contribution in [1.82, 2.24) is 5.32 Å². The number of carbonyl (C=O) groups is 2. The van der Waals surface area contributed by atoms with E-state index < -0.39 is 0 Å². The fourth-order valence-electron chi connectivity index (χ4n) is 3.94. The van der Waals surface area contributed by atoms with E-state index in [4.69, 9.17) is 0 Å². The van der Waals surface area contributed by atoms with Gasteiger partial charge in [0.15, 0.2) is 0 Å². The van der Waals surface area contributed by atoms with Crippen LogP contribution in [0.1, 0.15) is 57.7 Å². The number of nitrogens with zero attached hydrogens (tertiary/aromatic N) is 1. The number of anilines is 1. The third-order valence-corrected chi connectivity index (χ3v) is 7.08. The van der Waals surface area contributed by atoms with Crippen LogP contribution in [0.15, 0.2) is 70.5 Å². The lowest BCUT2D eigenvalue weighted by molar-refractivity contribution is 0.0948. The van der Waals surface area contributed by atoms with Crippen LogP contribution in [0.5, 0.6) is 0 Å². The molecule has 0 saturated carbocycles. The van der Waals surface area contributed by atoms with Gasteiger partial charge in [0.25, 0.3) is 11.8 Å². The number of hydrogen-bond donors (Lipinski definition) is 1. The molecule has 5 heteroatoms. The lowest BCUT2D eigenvalue weighted by Crippen LogP contribution is -2.31. The van der Waals surface area contributed by atoms with Gasteiger partial charge in [0, 0.05) is 21.9 Å². The summed E-state index contributed by atoms with van der Waals surface area (Å²) in [6.45, 7) is 9.50. The lowest BCUT2D eigenvalue weighted by Gasteiger charge is -2.25. The van der Waals surface area contributed by atoms with Gasteiger partial charge in [-0.1, -0.05) is 61.5 Å². The normalized spacial score (nSPS) is 12.9. The highest BCUT2D eigenvalue weighted by Gasteiger charge is 2.28. The van der Waals surface area contributed by atoms with E-state index in [-0.39, 0.29) is 11.8 Å². The molecule has 2 amide bonds. The largest absolute Gasteiger partial charge is 0.352 e. The van der Waals surface area contributed by atoms with Crippen LogP contribution in [0.2, 0.25) is 0 Å². The summed E-state index contributed by atoms with van der Waals surface area (Å²) in [6, 6.07) is 19.7. The molecule has 1 N–H and O–H groups in total. The maximum absolute atomic E-state index is 13.7. The third-order valence-electron chi connectivity index (χ3n) is 5.93. The first-order valence-corrected chi connectivity index (χ1v) is 12.2. The molecule has 0 aliphatic carbocycles. The van der Waals surface area contributed by atoms with Crippen LogP contribution in [0.25, 0.3) is 0 Å². The summed E-state index contributed by atoms with van der Waals surface area (Å²) < 4.78 is 0. The Labute approximate surface area is 200 Å². The highest BCUT2D eigenvalue weighted by molar-refractivity contribution is 7.99. The van der Waals surface area contributed by atoms with Crippen LogP contribution >= 0.6 is 11.8 Å². The Bertz CT molecular complexity index is 1200. The van der Waals surface area contributed by atoms with Crippen LogP contribution in [-0.4, -0.2) is 18.4 Å². The van der Waals surface area contributed by atoms with Gasteiger partial charge in [-0.3, -0.25) is 9.59 Å². The minimum Gasteiger partial charge on any atom is -0.352 e. The number of fused-ring (bicyclic) bond motifs is 2. The van der Waals surface area contributed by atoms with E-state index in [9.17, 15) is 9.59 Å². The second kappa shape index (κ2) is 9.84. The minimum atomic E-state index is -0.107. The zero-order chi connectivity index (χ0) is 23.5. The van der Waals surface area contributed by atoms with Gasteiger partial charge in [0.1, 0.15) is 0 Å². The molecule has 0 aromatic heterocycles. The maximum Gasteiger partial charge on any atom is 0.259 e. The molecule has 0 saturated heterocycles. The molecule has 3 aromatic carbocycles. The average molecular weight is 459 g/mol. The van der Waals surface area contributed by atoms with Crippen molar-refractivity contribution < 1.29 is 9.59 Å². The number of rotatable bonds is 6. The first-order valence-electron chi connectivity index (χ1n) is 11.4. The van der Waals surface area contributed by atoms with Crippen molar-refractivity contribution >= 4 is 29.3 Å². The van der Waals surface area contributed by atoms with Crippen molar-refractivity contribution in [3.8, 4) is 0 Å². The Balaban J connectivity index is 1.75. The number of amides is 2. The molecule has 170 valence electrons. The number of carbonyl (C=O) groups excluding carboxylic acids is 2. The summed E-state index contributed by atoms with van der Waals surface area (Å²) in [4.78, 5) is 30.3. The predicted octanol–water partition coefficient (Wildman–Crippen LogP) is 6.39. The van der Waals surface area contributed by atoms with Gasteiger partial charge in [-0.25, -0.2) is 0 Å². The fourth-order valence-corrected chi connectivity index (χ4v) is 4.99. The van der Waals surface area contributed by atoms with Gasteiger partial charge < -0.3 is 10.2 Å². The number of aryl methyl sites for hydroxylation is 2. The molecule has 0 spiro atoms. The van der Waals surface area contributed by atoms with Gasteiger partial charge in [0.2, 0.25) is 0 Å². The van der Waals surface area contributed by atoms with Crippen molar-refractivity contribution in [2.45, 2.75) is 50.5 Å². The fraction of sp³-hybridized carbons (Fsp3) is 0.286. The zero-order valence-corrected chi connectivity index (χ0v) is 20.5. The van der Waals surface area contributed by atoms with E-state index in [0.717, 1.165) is 38.6 Å². The monoisotopic (exact) mass is 458 g/mol. The Morgan fingerprint density at radius 3 is 2.58 bits per heavy atom. The van der Waals surface area contributed by atoms with Gasteiger partial charge in [-0.15, -0.1) is 0 Å². The topological polar surface area (TPSA) is 49.4 Å². The molecule has 0 radical (unpaired) electrons. The van der Waals surface area contributed by atoms with Crippen LogP contribution in [-0.2, 0) is 6.54 Å². The Morgan fingerprint density at radius 2 is 1.79 bits per heavy atom. The molecule has 1 heterocycles. The van der Waals surface area contributed by atoms with Crippen LogP contribution in [0.3, 0.4) is 0 Å². The maximum atomic E-state index is 13.7. The average Bonchev–Trinajstić information content (AvgIpc) is 2.90. The molecule has 1 aliphatic rings. The molecule has 0 bridgehead atoms. The molecule has 0 fully saturated rings. The predicted molar refractivity (Wildman–Crippen MR) is 135 cm³/mol. The van der Waals surface area contributed by atoms with E-state index in [1.165, 1.54) is 0 Å². The van der Waals surface area contributed by atoms with Crippen LogP contribution in [0, 0.1) is 19.8 Å². The third kappa shape index (κ3) is 5.14. The first kappa shape index (κ1) is 23.1. The Morgan fingerprint density at radius 1 is 1.00 bits per heavy atom. The molecule has 33 heavy (non-hydrogen) atoms. The molecule has 0 atom stereocenters. The Hall–Kier alpha value is -3.05. The Kier molecular flexibility index (Phi) is 6.89. The van der Waals surface area contributed by atoms with Crippen molar-refractivity contribution in [2.24, 2.45) is 5.92 Å². The molecular formula is C28H30N2O2S. The molecule has 4 rings (SSSR count). The summed E-state index contributed by atoms with van der Waals surface area (Å²) in [5.41, 5.74) is 5.44. The second-order valence-corrected chi connectivity index (χ2v) is 10.1. The lowest BCUT2D eigenvalue weighted by atomic mass is 10.0. The number of benzene rings is 3. The summed E-state index contributed by atoms with van der Waals surface area (Å²) >= 11 is 1.58. The van der Waals surface area contributed by atoms with Gasteiger partial charge >= 0.3 is 0 Å². The van der Waals surface area contributed by atoms with Crippen LogP contribution in [0.4, 0.5) is 5.69 Å². The molecule has 1 aliphatic heterocycles. The van der Waals surface area contributed by atoms with Crippen molar-refractivity contribution in [2.75, 3.05) is 11.4 Å². The van der Waals surface area contributed by atoms with Gasteiger partial charge in [0.05, 0.1) is 17.8 Å². The van der Waals surface area contributed by atoms with Gasteiger partial charge in [-0.05, 0) is 67.6 Å². The van der Waals surface area contributed by atoms with Crippen molar-refractivity contribution in [3.63, 3.8) is 0 Å². The summed E-state index contributed by atoms with van der Waals surface area (Å²) in [7, 11) is 0. The first-order chi connectivity index (χ1) is 15.8. The van der Waals surface area contributed by atoms with Crippen molar-refractivity contribution in [1.29, 1.82) is 0 Å².